The molecule has 0 unspecified atom stereocenters. The summed E-state index contributed by atoms with van der Waals surface area (Å²) in [7, 11) is 0. The van der Waals surface area contributed by atoms with Crippen molar-refractivity contribution >= 4 is 0 Å². The van der Waals surface area contributed by atoms with Crippen molar-refractivity contribution in [3.8, 4) is 5.69 Å². The van der Waals surface area contributed by atoms with Crippen LogP contribution in [0.2, 0.25) is 0 Å². The van der Waals surface area contributed by atoms with Crippen molar-refractivity contribution in [1.29, 1.82) is 0 Å². The van der Waals surface area contributed by atoms with Gasteiger partial charge in [0.1, 0.15) is 0 Å². The molecule has 2 aromatic rings. The van der Waals surface area contributed by atoms with Gasteiger partial charge in [0.15, 0.2) is 0 Å². The Morgan fingerprint density at radius 1 is 1.08 bits per heavy atom. The van der Waals surface area contributed by atoms with E-state index < -0.39 is 0 Å². The summed E-state index contributed by atoms with van der Waals surface area (Å²) in [5.41, 5.74) is 2.20. The first kappa shape index (κ1) is 7.03. The number of para-hydroxylation sites is 1. The first-order chi connectivity index (χ1) is 5.88. The minimum atomic E-state index is 1.03. The van der Waals surface area contributed by atoms with Gasteiger partial charge in [0.05, 0.1) is 18.1 Å². The highest BCUT2D eigenvalue weighted by molar-refractivity contribution is 5.37. The van der Waals surface area contributed by atoms with E-state index in [1.165, 1.54) is 5.56 Å². The molecule has 0 aliphatic carbocycles. The smallest absolute Gasteiger partial charge is 0.0885 e. The summed E-state index contributed by atoms with van der Waals surface area (Å²) < 4.78 is 0. The molecule has 0 saturated heterocycles. The fourth-order valence-electron chi connectivity index (χ4n) is 1.13. The normalized spacial score (nSPS) is 10.1. The molecule has 2 rings (SSSR count). The van der Waals surface area contributed by atoms with Crippen LogP contribution in [-0.2, 0) is 0 Å². The van der Waals surface area contributed by atoms with Crippen molar-refractivity contribution in [1.82, 2.24) is 15.0 Å². The lowest BCUT2D eigenvalue weighted by atomic mass is 10.2. The van der Waals surface area contributed by atoms with E-state index in [1.54, 1.807) is 17.2 Å². The Morgan fingerprint density at radius 3 is 2.42 bits per heavy atom. The van der Waals surface area contributed by atoms with Gasteiger partial charge in [-0.1, -0.05) is 18.2 Å². The van der Waals surface area contributed by atoms with Gasteiger partial charge in [-0.05, 0) is 18.6 Å². The van der Waals surface area contributed by atoms with E-state index in [4.69, 9.17) is 0 Å². The van der Waals surface area contributed by atoms with Crippen molar-refractivity contribution in [3.05, 3.63) is 42.2 Å². The highest BCUT2D eigenvalue weighted by Gasteiger charge is 1.98. The van der Waals surface area contributed by atoms with E-state index in [9.17, 15) is 0 Å². The standard InChI is InChI=1S/C9H9N3/c1-8-4-2-3-5-9(8)12-10-6-7-11-12/h2-7H,1H3. The zero-order chi connectivity index (χ0) is 8.39. The Kier molecular flexibility index (Phi) is 1.63. The molecule has 0 aliphatic rings. The van der Waals surface area contributed by atoms with Crippen molar-refractivity contribution < 1.29 is 0 Å². The molecule has 0 spiro atoms. The van der Waals surface area contributed by atoms with E-state index in [0.717, 1.165) is 5.69 Å². The van der Waals surface area contributed by atoms with Gasteiger partial charge in [-0.2, -0.15) is 15.0 Å². The summed E-state index contributed by atoms with van der Waals surface area (Å²) >= 11 is 0. The number of nitrogens with zero attached hydrogens (tertiary/aromatic N) is 3. The summed E-state index contributed by atoms with van der Waals surface area (Å²) in [6.07, 6.45) is 3.35. The molecule has 1 heterocycles. The van der Waals surface area contributed by atoms with Gasteiger partial charge in [-0.3, -0.25) is 0 Å². The second-order valence-corrected chi connectivity index (χ2v) is 2.61. The van der Waals surface area contributed by atoms with Crippen LogP contribution in [0.3, 0.4) is 0 Å². The molecule has 0 atom stereocenters. The highest BCUT2D eigenvalue weighted by Crippen LogP contribution is 2.09. The molecule has 1 aromatic heterocycles. The topological polar surface area (TPSA) is 30.7 Å². The van der Waals surface area contributed by atoms with Crippen molar-refractivity contribution in [2.45, 2.75) is 6.92 Å². The van der Waals surface area contributed by atoms with Crippen LogP contribution in [-0.4, -0.2) is 15.0 Å². The summed E-state index contributed by atoms with van der Waals surface area (Å²) in [5, 5.41) is 8.11. The minimum Gasteiger partial charge on any atom is -0.157 e. The molecular formula is C9H9N3. The third-order valence-electron chi connectivity index (χ3n) is 1.75. The Balaban J connectivity index is 2.55. The van der Waals surface area contributed by atoms with Gasteiger partial charge in [0.2, 0.25) is 0 Å². The van der Waals surface area contributed by atoms with Gasteiger partial charge in [0, 0.05) is 0 Å². The Hall–Kier alpha value is -1.64. The third kappa shape index (κ3) is 1.09. The number of aromatic nitrogens is 3. The zero-order valence-corrected chi connectivity index (χ0v) is 6.81. The van der Waals surface area contributed by atoms with Gasteiger partial charge >= 0.3 is 0 Å². The Bertz CT molecular complexity index is 365. The highest BCUT2D eigenvalue weighted by atomic mass is 15.5. The maximum atomic E-state index is 4.05. The van der Waals surface area contributed by atoms with Crippen LogP contribution in [0.15, 0.2) is 36.7 Å². The largest absolute Gasteiger partial charge is 0.157 e. The average molecular weight is 159 g/mol. The first-order valence-corrected chi connectivity index (χ1v) is 3.80. The van der Waals surface area contributed by atoms with Crippen LogP contribution in [0.5, 0.6) is 0 Å². The SMILES string of the molecule is Cc1ccccc1-n1nccn1. The van der Waals surface area contributed by atoms with Crippen molar-refractivity contribution in [2.75, 3.05) is 0 Å². The zero-order valence-electron chi connectivity index (χ0n) is 6.81. The molecule has 3 nitrogen and oxygen atoms in total. The predicted octanol–water partition coefficient (Wildman–Crippen LogP) is 1.58. The summed E-state index contributed by atoms with van der Waals surface area (Å²) in [6, 6.07) is 8.02. The van der Waals surface area contributed by atoms with E-state index in [1.807, 2.05) is 31.2 Å². The monoisotopic (exact) mass is 159 g/mol. The van der Waals surface area contributed by atoms with Crippen LogP contribution in [0.25, 0.3) is 5.69 Å². The van der Waals surface area contributed by atoms with E-state index in [2.05, 4.69) is 10.2 Å². The quantitative estimate of drug-likeness (QED) is 0.632. The second-order valence-electron chi connectivity index (χ2n) is 2.61. The molecule has 0 N–H and O–H groups in total. The van der Waals surface area contributed by atoms with Crippen molar-refractivity contribution in [3.63, 3.8) is 0 Å². The van der Waals surface area contributed by atoms with Gasteiger partial charge in [0.25, 0.3) is 0 Å². The molecule has 3 heteroatoms. The number of aryl methyl sites for hydroxylation is 1. The summed E-state index contributed by atoms with van der Waals surface area (Å²) in [5.74, 6) is 0. The van der Waals surface area contributed by atoms with Gasteiger partial charge in [-0.15, -0.1) is 0 Å². The van der Waals surface area contributed by atoms with Crippen LogP contribution in [0.1, 0.15) is 5.56 Å². The molecule has 1 aromatic carbocycles. The molecule has 0 aliphatic heterocycles. The number of hydrogen-bond donors (Lipinski definition) is 0. The molecule has 0 saturated carbocycles. The maximum absolute atomic E-state index is 4.05. The molecule has 0 amide bonds. The first-order valence-electron chi connectivity index (χ1n) is 3.80. The molecule has 0 radical (unpaired) electrons. The lowest BCUT2D eigenvalue weighted by Gasteiger charge is -2.01. The number of hydrogen-bond acceptors (Lipinski definition) is 2. The number of benzene rings is 1. The molecule has 0 fully saturated rings. The lowest BCUT2D eigenvalue weighted by molar-refractivity contribution is 0.747. The summed E-state index contributed by atoms with van der Waals surface area (Å²) in [4.78, 5) is 1.62. The maximum Gasteiger partial charge on any atom is 0.0885 e. The van der Waals surface area contributed by atoms with Gasteiger partial charge in [-0.25, -0.2) is 0 Å². The predicted molar refractivity (Wildman–Crippen MR) is 46.1 cm³/mol. The second kappa shape index (κ2) is 2.77. The van der Waals surface area contributed by atoms with Crippen molar-refractivity contribution in [2.24, 2.45) is 0 Å². The minimum absolute atomic E-state index is 1.03. The van der Waals surface area contributed by atoms with Crippen LogP contribution in [0.4, 0.5) is 0 Å². The summed E-state index contributed by atoms with van der Waals surface area (Å²) in [6.45, 7) is 2.04. The molecule has 60 valence electrons. The van der Waals surface area contributed by atoms with Crippen LogP contribution < -0.4 is 0 Å². The molecular weight excluding hydrogens is 150 g/mol. The molecule has 0 bridgehead atoms. The third-order valence-corrected chi connectivity index (χ3v) is 1.75. The van der Waals surface area contributed by atoms with E-state index in [0.29, 0.717) is 0 Å². The van der Waals surface area contributed by atoms with E-state index in [-0.39, 0.29) is 0 Å². The lowest BCUT2D eigenvalue weighted by Crippen LogP contribution is -1.99. The fraction of sp³-hybridized carbons (Fsp3) is 0.111. The van der Waals surface area contributed by atoms with Gasteiger partial charge < -0.3 is 0 Å². The van der Waals surface area contributed by atoms with E-state index >= 15 is 0 Å². The number of rotatable bonds is 1. The fourth-order valence-corrected chi connectivity index (χ4v) is 1.13. The Labute approximate surface area is 70.6 Å². The van der Waals surface area contributed by atoms with Crippen LogP contribution in [0, 0.1) is 6.92 Å². The molecule has 12 heavy (non-hydrogen) atoms. The average Bonchev–Trinajstić information content (AvgIpc) is 2.57. The van der Waals surface area contributed by atoms with Crippen LogP contribution >= 0.6 is 0 Å². The Morgan fingerprint density at radius 2 is 1.75 bits per heavy atom.